The lowest BCUT2D eigenvalue weighted by Crippen LogP contribution is -2.38. The van der Waals surface area contributed by atoms with Crippen LogP contribution in [0.4, 0.5) is 10.1 Å². The highest BCUT2D eigenvalue weighted by Gasteiger charge is 2.19. The zero-order valence-corrected chi connectivity index (χ0v) is 19.9. The zero-order valence-electron chi connectivity index (χ0n) is 19.9. The Balaban J connectivity index is 1.83. The second kappa shape index (κ2) is 10.4. The summed E-state index contributed by atoms with van der Waals surface area (Å²) in [7, 11) is 1.43. The van der Waals surface area contributed by atoms with E-state index in [1.165, 1.54) is 20.1 Å². The molecule has 3 rings (SSSR count). The van der Waals surface area contributed by atoms with Crippen molar-refractivity contribution in [2.45, 2.75) is 39.8 Å². The Bertz CT molecular complexity index is 1200. The van der Waals surface area contributed by atoms with Crippen molar-refractivity contribution in [3.8, 4) is 16.9 Å². The number of carbonyl (C=O) groups excluding carboxylic acids is 1. The van der Waals surface area contributed by atoms with Crippen LogP contribution in [0.15, 0.2) is 54.6 Å². The summed E-state index contributed by atoms with van der Waals surface area (Å²) in [4.78, 5) is 23.7. The molecule has 0 heterocycles. The molecule has 7 heteroatoms. The van der Waals surface area contributed by atoms with Crippen LogP contribution in [0.25, 0.3) is 11.1 Å². The van der Waals surface area contributed by atoms with Crippen molar-refractivity contribution in [1.29, 1.82) is 0 Å². The number of hydrogen-bond acceptors (Lipinski definition) is 4. The standard InChI is InChI=1S/C27H29FN2O4/c1-15-11-21(12-16(2)25(15)26(31)30-18(4)27(32)33)20-7-6-8-22(13-20)29-17(3)19-9-10-24(34-5)23(28)14-19/h6-14,17-18,29H,1-5H3,(H,30,31)(H,32,33). The SMILES string of the molecule is COc1ccc(C(C)Nc2cccc(-c3cc(C)c(C(=O)NC(C)C(=O)O)c(C)c3)c2)cc1F. The van der Waals surface area contributed by atoms with E-state index in [1.807, 2.05) is 63.2 Å². The fraction of sp³-hybridized carbons (Fsp3) is 0.259. The quantitative estimate of drug-likeness (QED) is 0.410. The molecule has 0 saturated heterocycles. The lowest BCUT2D eigenvalue weighted by Gasteiger charge is -2.18. The summed E-state index contributed by atoms with van der Waals surface area (Å²) in [6.07, 6.45) is 0. The van der Waals surface area contributed by atoms with Gasteiger partial charge in [0, 0.05) is 17.3 Å². The number of anilines is 1. The number of rotatable bonds is 8. The van der Waals surface area contributed by atoms with Gasteiger partial charge in [0.05, 0.1) is 7.11 Å². The summed E-state index contributed by atoms with van der Waals surface area (Å²) in [6, 6.07) is 15.4. The van der Waals surface area contributed by atoms with E-state index in [-0.39, 0.29) is 11.8 Å². The third-order valence-corrected chi connectivity index (χ3v) is 5.73. The largest absolute Gasteiger partial charge is 0.494 e. The predicted molar refractivity (Wildman–Crippen MR) is 131 cm³/mol. The Labute approximate surface area is 198 Å². The number of hydrogen-bond donors (Lipinski definition) is 3. The maximum atomic E-state index is 14.1. The van der Waals surface area contributed by atoms with Crippen LogP contribution in [0.2, 0.25) is 0 Å². The lowest BCUT2D eigenvalue weighted by atomic mass is 9.94. The first-order valence-electron chi connectivity index (χ1n) is 11.0. The number of nitrogens with one attached hydrogen (secondary N) is 2. The van der Waals surface area contributed by atoms with E-state index >= 15 is 0 Å². The molecule has 2 atom stereocenters. The minimum atomic E-state index is -1.09. The van der Waals surface area contributed by atoms with Gasteiger partial charge in [0.2, 0.25) is 0 Å². The molecule has 0 spiro atoms. The summed E-state index contributed by atoms with van der Waals surface area (Å²) >= 11 is 0. The average molecular weight is 465 g/mol. The van der Waals surface area contributed by atoms with Crippen LogP contribution in [0, 0.1) is 19.7 Å². The van der Waals surface area contributed by atoms with Crippen LogP contribution < -0.4 is 15.4 Å². The molecular weight excluding hydrogens is 435 g/mol. The third-order valence-electron chi connectivity index (χ3n) is 5.73. The molecule has 0 radical (unpaired) electrons. The number of benzene rings is 3. The molecule has 0 aliphatic carbocycles. The Kier molecular flexibility index (Phi) is 7.56. The molecule has 3 aromatic carbocycles. The first-order chi connectivity index (χ1) is 16.1. The van der Waals surface area contributed by atoms with Gasteiger partial charge in [0.15, 0.2) is 11.6 Å². The van der Waals surface area contributed by atoms with Crippen LogP contribution in [-0.2, 0) is 4.79 Å². The third kappa shape index (κ3) is 5.54. The number of ether oxygens (including phenoxy) is 1. The summed E-state index contributed by atoms with van der Waals surface area (Å²) in [5, 5.41) is 15.0. The molecule has 0 aliphatic heterocycles. The van der Waals surface area contributed by atoms with Crippen molar-refractivity contribution in [2.24, 2.45) is 0 Å². The smallest absolute Gasteiger partial charge is 0.325 e. The summed E-state index contributed by atoms with van der Waals surface area (Å²) in [5.74, 6) is -1.70. The van der Waals surface area contributed by atoms with E-state index < -0.39 is 23.7 Å². The molecule has 178 valence electrons. The van der Waals surface area contributed by atoms with Crippen molar-refractivity contribution in [3.63, 3.8) is 0 Å². The average Bonchev–Trinajstić information content (AvgIpc) is 2.78. The summed E-state index contributed by atoms with van der Waals surface area (Å²) in [6.45, 7) is 7.05. The van der Waals surface area contributed by atoms with E-state index in [0.717, 1.165) is 33.5 Å². The maximum absolute atomic E-state index is 14.1. The van der Waals surface area contributed by atoms with Crippen LogP contribution in [0.1, 0.15) is 46.9 Å². The number of amides is 1. The monoisotopic (exact) mass is 464 g/mol. The first-order valence-corrected chi connectivity index (χ1v) is 11.0. The molecule has 3 N–H and O–H groups in total. The Morgan fingerprint density at radius 3 is 2.24 bits per heavy atom. The number of carboxylic acid groups (broad SMARTS) is 1. The van der Waals surface area contributed by atoms with Gasteiger partial charge >= 0.3 is 5.97 Å². The van der Waals surface area contributed by atoms with E-state index in [1.54, 1.807) is 6.07 Å². The topological polar surface area (TPSA) is 87.7 Å². The van der Waals surface area contributed by atoms with Crippen LogP contribution in [0.3, 0.4) is 0 Å². The summed E-state index contributed by atoms with van der Waals surface area (Å²) in [5.41, 5.74) is 5.53. The minimum Gasteiger partial charge on any atom is -0.494 e. The lowest BCUT2D eigenvalue weighted by molar-refractivity contribution is -0.138. The van der Waals surface area contributed by atoms with E-state index in [4.69, 9.17) is 9.84 Å². The van der Waals surface area contributed by atoms with Gasteiger partial charge in [-0.1, -0.05) is 30.3 Å². The van der Waals surface area contributed by atoms with Crippen molar-refractivity contribution in [3.05, 3.63) is 82.7 Å². The van der Waals surface area contributed by atoms with Gasteiger partial charge in [0.1, 0.15) is 6.04 Å². The second-order valence-corrected chi connectivity index (χ2v) is 8.36. The maximum Gasteiger partial charge on any atom is 0.325 e. The molecule has 2 unspecified atom stereocenters. The number of methoxy groups -OCH3 is 1. The second-order valence-electron chi connectivity index (χ2n) is 8.36. The van der Waals surface area contributed by atoms with E-state index in [9.17, 15) is 14.0 Å². The Morgan fingerprint density at radius 2 is 1.65 bits per heavy atom. The van der Waals surface area contributed by atoms with Gasteiger partial charge in [-0.05, 0) is 79.8 Å². The highest BCUT2D eigenvalue weighted by Crippen LogP contribution is 2.29. The molecule has 0 aromatic heterocycles. The fourth-order valence-corrected chi connectivity index (χ4v) is 3.89. The van der Waals surface area contributed by atoms with Gasteiger partial charge in [-0.15, -0.1) is 0 Å². The van der Waals surface area contributed by atoms with E-state index in [0.29, 0.717) is 5.56 Å². The fourth-order valence-electron chi connectivity index (χ4n) is 3.89. The molecule has 6 nitrogen and oxygen atoms in total. The Morgan fingerprint density at radius 1 is 0.971 bits per heavy atom. The van der Waals surface area contributed by atoms with Crippen LogP contribution >= 0.6 is 0 Å². The molecule has 0 saturated carbocycles. The van der Waals surface area contributed by atoms with Gasteiger partial charge in [-0.25, -0.2) is 4.39 Å². The van der Waals surface area contributed by atoms with Crippen molar-refractivity contribution >= 4 is 17.6 Å². The number of carboxylic acids is 1. The normalized spacial score (nSPS) is 12.5. The highest BCUT2D eigenvalue weighted by atomic mass is 19.1. The number of halogens is 1. The predicted octanol–water partition coefficient (Wildman–Crippen LogP) is 5.49. The molecule has 0 bridgehead atoms. The highest BCUT2D eigenvalue weighted by molar-refractivity contribution is 5.99. The van der Waals surface area contributed by atoms with Gasteiger partial charge in [-0.2, -0.15) is 0 Å². The Hall–Kier alpha value is -3.87. The molecule has 0 fully saturated rings. The first kappa shape index (κ1) is 24.8. The van der Waals surface area contributed by atoms with Crippen molar-refractivity contribution in [1.82, 2.24) is 5.32 Å². The van der Waals surface area contributed by atoms with E-state index in [2.05, 4.69) is 10.6 Å². The van der Waals surface area contributed by atoms with Crippen LogP contribution in [-0.4, -0.2) is 30.1 Å². The molecule has 0 aliphatic rings. The molecule has 1 amide bonds. The van der Waals surface area contributed by atoms with Gasteiger partial charge in [0.25, 0.3) is 5.91 Å². The van der Waals surface area contributed by atoms with Crippen molar-refractivity contribution in [2.75, 3.05) is 12.4 Å². The molecular formula is C27H29FN2O4. The zero-order chi connectivity index (χ0) is 25.0. The molecule has 34 heavy (non-hydrogen) atoms. The summed E-state index contributed by atoms with van der Waals surface area (Å²) < 4.78 is 19.1. The number of aliphatic carboxylic acids is 1. The minimum absolute atomic E-state index is 0.138. The van der Waals surface area contributed by atoms with Gasteiger partial charge in [-0.3, -0.25) is 9.59 Å². The van der Waals surface area contributed by atoms with Gasteiger partial charge < -0.3 is 20.5 Å². The number of aryl methyl sites for hydroxylation is 2. The number of carbonyl (C=O) groups is 2. The van der Waals surface area contributed by atoms with Crippen molar-refractivity contribution < 1.29 is 23.8 Å². The molecule has 3 aromatic rings. The van der Waals surface area contributed by atoms with Crippen LogP contribution in [0.5, 0.6) is 5.75 Å².